The molecule has 21 heavy (non-hydrogen) atoms. The van der Waals surface area contributed by atoms with Crippen molar-refractivity contribution in [2.45, 2.75) is 25.9 Å². The molecule has 2 unspecified atom stereocenters. The molecule has 1 aromatic rings. The van der Waals surface area contributed by atoms with Crippen molar-refractivity contribution >= 4 is 35.6 Å². The Morgan fingerprint density at radius 3 is 2.52 bits per heavy atom. The van der Waals surface area contributed by atoms with E-state index in [9.17, 15) is 0 Å². The Morgan fingerprint density at radius 1 is 1.33 bits per heavy atom. The molecule has 0 saturated heterocycles. The first-order valence-corrected chi connectivity index (χ1v) is 6.88. The normalized spacial score (nSPS) is 14.0. The lowest BCUT2D eigenvalue weighted by atomic mass is 10.2. The Labute approximate surface area is 145 Å². The summed E-state index contributed by atoms with van der Waals surface area (Å²) < 4.78 is 5.04. The molecule has 0 heterocycles. The van der Waals surface area contributed by atoms with E-state index < -0.39 is 0 Å². The fourth-order valence-corrected chi connectivity index (χ4v) is 1.86. The van der Waals surface area contributed by atoms with Crippen molar-refractivity contribution in [1.82, 2.24) is 5.32 Å². The van der Waals surface area contributed by atoms with Gasteiger partial charge in [0, 0.05) is 31.9 Å². The molecule has 0 saturated carbocycles. The van der Waals surface area contributed by atoms with E-state index in [1.165, 1.54) is 5.69 Å². The van der Waals surface area contributed by atoms with Crippen LogP contribution in [0.25, 0.3) is 0 Å². The number of likely N-dealkylation sites (N-methyl/N-ethyl adjacent to an activating group) is 1. The monoisotopic (exact) mass is 406 g/mol. The highest BCUT2D eigenvalue weighted by Gasteiger charge is 2.09. The van der Waals surface area contributed by atoms with Crippen LogP contribution in [0, 0.1) is 0 Å². The number of anilines is 1. The number of methoxy groups -OCH3 is 1. The number of nitrogens with one attached hydrogen (secondary N) is 1. The Balaban J connectivity index is 0.00000400. The molecule has 0 radical (unpaired) electrons. The van der Waals surface area contributed by atoms with Gasteiger partial charge in [0.1, 0.15) is 0 Å². The van der Waals surface area contributed by atoms with Crippen LogP contribution in [-0.2, 0) is 4.74 Å². The second-order valence-corrected chi connectivity index (χ2v) is 5.02. The number of para-hydroxylation sites is 1. The summed E-state index contributed by atoms with van der Waals surface area (Å²) in [7, 11) is 3.73. The Morgan fingerprint density at radius 2 is 1.95 bits per heavy atom. The van der Waals surface area contributed by atoms with Gasteiger partial charge in [0.05, 0.1) is 13.2 Å². The number of nitrogens with two attached hydrogens (primary N) is 1. The summed E-state index contributed by atoms with van der Waals surface area (Å²) in [5.41, 5.74) is 7.03. The largest absolute Gasteiger partial charge is 0.383 e. The fraction of sp³-hybridized carbons (Fsp3) is 0.533. The minimum Gasteiger partial charge on any atom is -0.383 e. The van der Waals surface area contributed by atoms with Crippen LogP contribution in [0.2, 0.25) is 0 Å². The molecule has 3 N–H and O–H groups in total. The number of nitrogens with zero attached hydrogens (tertiary/aromatic N) is 2. The number of rotatable bonds is 7. The van der Waals surface area contributed by atoms with Crippen LogP contribution >= 0.6 is 24.0 Å². The molecule has 0 aliphatic rings. The molecule has 6 heteroatoms. The molecule has 0 aliphatic heterocycles. The lowest BCUT2D eigenvalue weighted by Gasteiger charge is -2.26. The number of halogens is 1. The first-order valence-electron chi connectivity index (χ1n) is 6.88. The van der Waals surface area contributed by atoms with Crippen LogP contribution in [0.15, 0.2) is 35.3 Å². The van der Waals surface area contributed by atoms with Gasteiger partial charge in [0.15, 0.2) is 5.96 Å². The van der Waals surface area contributed by atoms with Gasteiger partial charge in [0.25, 0.3) is 0 Å². The highest BCUT2D eigenvalue weighted by Crippen LogP contribution is 2.13. The molecule has 1 rings (SSSR count). The molecular formula is C15H27IN4O. The minimum absolute atomic E-state index is 0. The third-order valence-electron chi connectivity index (χ3n) is 3.16. The predicted molar refractivity (Wildman–Crippen MR) is 101 cm³/mol. The Bertz CT molecular complexity index is 413. The molecule has 0 aromatic heterocycles. The van der Waals surface area contributed by atoms with Crippen LogP contribution in [0.1, 0.15) is 13.8 Å². The predicted octanol–water partition coefficient (Wildman–Crippen LogP) is 2.07. The second kappa shape index (κ2) is 10.7. The molecule has 0 aliphatic carbocycles. The molecule has 120 valence electrons. The van der Waals surface area contributed by atoms with E-state index in [0.717, 1.165) is 0 Å². The maximum atomic E-state index is 5.86. The van der Waals surface area contributed by atoms with Crippen molar-refractivity contribution in [2.24, 2.45) is 10.7 Å². The Kier molecular flexibility index (Phi) is 10.2. The quantitative estimate of drug-likeness (QED) is 0.414. The van der Waals surface area contributed by atoms with E-state index >= 15 is 0 Å². The number of hydrogen-bond donors (Lipinski definition) is 2. The number of guanidine groups is 1. The van der Waals surface area contributed by atoms with Gasteiger partial charge in [-0.2, -0.15) is 0 Å². The molecule has 1 aromatic carbocycles. The highest BCUT2D eigenvalue weighted by molar-refractivity contribution is 14.0. The minimum atomic E-state index is 0. The van der Waals surface area contributed by atoms with E-state index in [-0.39, 0.29) is 36.1 Å². The molecule has 5 nitrogen and oxygen atoms in total. The average molecular weight is 406 g/mol. The number of ether oxygens (including phenoxy) is 1. The third-order valence-corrected chi connectivity index (χ3v) is 3.16. The lowest BCUT2D eigenvalue weighted by molar-refractivity contribution is 0.179. The van der Waals surface area contributed by atoms with Gasteiger partial charge in [-0.1, -0.05) is 18.2 Å². The SMILES string of the molecule is COCC(C)NC(N)=NCC(C)N(C)c1ccccc1.I. The van der Waals surface area contributed by atoms with E-state index in [4.69, 9.17) is 10.5 Å². The smallest absolute Gasteiger partial charge is 0.188 e. The summed E-state index contributed by atoms with van der Waals surface area (Å²) in [5, 5.41) is 3.10. The molecule has 0 bridgehead atoms. The van der Waals surface area contributed by atoms with Crippen LogP contribution in [0.4, 0.5) is 5.69 Å². The molecule has 0 fully saturated rings. The van der Waals surface area contributed by atoms with Crippen LogP contribution < -0.4 is 16.0 Å². The third kappa shape index (κ3) is 7.52. The average Bonchev–Trinajstić information content (AvgIpc) is 2.45. The maximum Gasteiger partial charge on any atom is 0.188 e. The molecule has 0 spiro atoms. The summed E-state index contributed by atoms with van der Waals surface area (Å²) in [6, 6.07) is 10.7. The van der Waals surface area contributed by atoms with Crippen molar-refractivity contribution < 1.29 is 4.74 Å². The van der Waals surface area contributed by atoms with Crippen LogP contribution in [0.5, 0.6) is 0 Å². The first-order chi connectivity index (χ1) is 9.54. The van der Waals surface area contributed by atoms with Crippen molar-refractivity contribution in [1.29, 1.82) is 0 Å². The van der Waals surface area contributed by atoms with Crippen LogP contribution in [0.3, 0.4) is 0 Å². The van der Waals surface area contributed by atoms with Crippen molar-refractivity contribution in [3.05, 3.63) is 30.3 Å². The summed E-state index contributed by atoms with van der Waals surface area (Å²) in [6.07, 6.45) is 0. The Hall–Kier alpha value is -1.02. The van der Waals surface area contributed by atoms with E-state index in [1.54, 1.807) is 7.11 Å². The van der Waals surface area contributed by atoms with Gasteiger partial charge in [-0.15, -0.1) is 24.0 Å². The zero-order chi connectivity index (χ0) is 15.0. The standard InChI is InChI=1S/C15H26N4O.HI/c1-12(11-20-4)18-15(16)17-10-13(2)19(3)14-8-6-5-7-9-14;/h5-9,12-13H,10-11H2,1-4H3,(H3,16,17,18);1H. The van der Waals surface area contributed by atoms with Crippen LogP contribution in [-0.4, -0.2) is 45.4 Å². The van der Waals surface area contributed by atoms with Gasteiger partial charge in [-0.05, 0) is 26.0 Å². The summed E-state index contributed by atoms with van der Waals surface area (Å²) in [5.74, 6) is 0.461. The van der Waals surface area contributed by atoms with E-state index in [0.29, 0.717) is 19.1 Å². The van der Waals surface area contributed by atoms with E-state index in [1.807, 2.05) is 25.1 Å². The number of hydrogen-bond acceptors (Lipinski definition) is 3. The summed E-state index contributed by atoms with van der Waals surface area (Å²) in [6.45, 7) is 5.38. The maximum absolute atomic E-state index is 5.86. The van der Waals surface area contributed by atoms with Crippen molar-refractivity contribution in [3.63, 3.8) is 0 Å². The first kappa shape index (κ1) is 20.0. The van der Waals surface area contributed by atoms with Crippen molar-refractivity contribution in [2.75, 3.05) is 32.2 Å². The van der Waals surface area contributed by atoms with E-state index in [2.05, 4.69) is 41.3 Å². The van der Waals surface area contributed by atoms with Crippen molar-refractivity contribution in [3.8, 4) is 0 Å². The molecular weight excluding hydrogens is 379 g/mol. The van der Waals surface area contributed by atoms with Gasteiger partial charge < -0.3 is 20.7 Å². The lowest BCUT2D eigenvalue weighted by Crippen LogP contribution is -2.41. The topological polar surface area (TPSA) is 62.9 Å². The van der Waals surface area contributed by atoms with Gasteiger partial charge in [-0.25, -0.2) is 0 Å². The fourth-order valence-electron chi connectivity index (χ4n) is 1.86. The van der Waals surface area contributed by atoms with Gasteiger partial charge in [0.2, 0.25) is 0 Å². The molecule has 0 amide bonds. The number of aliphatic imine (C=N–C) groups is 1. The van der Waals surface area contributed by atoms with Gasteiger partial charge in [-0.3, -0.25) is 4.99 Å². The highest BCUT2D eigenvalue weighted by atomic mass is 127. The second-order valence-electron chi connectivity index (χ2n) is 5.02. The zero-order valence-electron chi connectivity index (χ0n) is 13.2. The zero-order valence-corrected chi connectivity index (χ0v) is 15.6. The summed E-state index contributed by atoms with van der Waals surface area (Å²) >= 11 is 0. The van der Waals surface area contributed by atoms with Gasteiger partial charge >= 0.3 is 0 Å². The summed E-state index contributed by atoms with van der Waals surface area (Å²) in [4.78, 5) is 6.57. The number of benzene rings is 1. The molecule has 2 atom stereocenters.